The lowest BCUT2D eigenvalue weighted by Crippen LogP contribution is -2.20. The monoisotopic (exact) mass is 364 g/mol. The Morgan fingerprint density at radius 2 is 0.778 bits per heavy atom. The van der Waals surface area contributed by atoms with E-state index in [9.17, 15) is 0 Å². The van der Waals surface area contributed by atoms with Crippen molar-refractivity contribution in [2.45, 2.75) is 98.3 Å². The molecule has 2 aromatic carbocycles. The van der Waals surface area contributed by atoms with E-state index >= 15 is 0 Å². The van der Waals surface area contributed by atoms with Gasteiger partial charge in [0.1, 0.15) is 0 Å². The van der Waals surface area contributed by atoms with Crippen LogP contribution in [0, 0.1) is 0 Å². The summed E-state index contributed by atoms with van der Waals surface area (Å²) in [4.78, 5) is 0. The van der Waals surface area contributed by atoms with E-state index in [1.165, 1.54) is 33.4 Å². The molecule has 2 rings (SSSR count). The fourth-order valence-electron chi connectivity index (χ4n) is 4.15. The van der Waals surface area contributed by atoms with Crippen LogP contribution in [0.2, 0.25) is 0 Å². The van der Waals surface area contributed by atoms with Crippen LogP contribution in [0.1, 0.15) is 126 Å². The number of hydrogen-bond acceptors (Lipinski definition) is 0. The molecule has 148 valence electrons. The van der Waals surface area contributed by atoms with E-state index in [1.54, 1.807) is 0 Å². The molecule has 0 aliphatic rings. The Bertz CT molecular complexity index is 707. The van der Waals surface area contributed by atoms with E-state index in [4.69, 9.17) is 0 Å². The number of hydrogen-bond donors (Lipinski definition) is 0. The zero-order valence-electron chi connectivity index (χ0n) is 19.3. The highest BCUT2D eigenvalue weighted by Gasteiger charge is 2.26. The van der Waals surface area contributed by atoms with E-state index in [2.05, 4.69) is 106 Å². The molecule has 0 saturated heterocycles. The molecule has 0 aromatic heterocycles. The molecule has 0 amide bonds. The van der Waals surface area contributed by atoms with Gasteiger partial charge in [-0.05, 0) is 57.1 Å². The Balaban J connectivity index is 2.58. The predicted octanol–water partition coefficient (Wildman–Crippen LogP) is 8.51. The zero-order valence-corrected chi connectivity index (χ0v) is 19.3. The minimum atomic E-state index is -0.00169. The summed E-state index contributed by atoms with van der Waals surface area (Å²) in [5.74, 6) is 2.23. The molecule has 27 heavy (non-hydrogen) atoms. The van der Waals surface area contributed by atoms with Gasteiger partial charge in [-0.2, -0.15) is 0 Å². The molecule has 0 unspecified atom stereocenters. The fraction of sp³-hybridized carbons (Fsp3) is 0.556. The maximum atomic E-state index is 2.46. The molecular formula is C27H40. The Kier molecular flexibility index (Phi) is 6.61. The van der Waals surface area contributed by atoms with Crippen molar-refractivity contribution >= 4 is 0 Å². The molecule has 0 N–H and O–H groups in total. The first-order chi connectivity index (χ1) is 12.5. The second kappa shape index (κ2) is 8.21. The molecule has 0 radical (unpaired) electrons. The zero-order chi connectivity index (χ0) is 20.5. The minimum absolute atomic E-state index is 0.00169. The second-order valence-corrected chi connectivity index (χ2v) is 9.93. The van der Waals surface area contributed by atoms with Gasteiger partial charge in [0.15, 0.2) is 0 Å². The van der Waals surface area contributed by atoms with Crippen LogP contribution in [0.25, 0.3) is 0 Å². The fourth-order valence-corrected chi connectivity index (χ4v) is 4.15. The SMILES string of the molecule is CC(C)c1ccc(C(C)(C)c2ccc(C(C)C)c(C(C)C)c2)cc1C(C)C. The van der Waals surface area contributed by atoms with Crippen molar-refractivity contribution in [3.63, 3.8) is 0 Å². The van der Waals surface area contributed by atoms with Crippen molar-refractivity contribution in [3.05, 3.63) is 69.8 Å². The van der Waals surface area contributed by atoms with Crippen molar-refractivity contribution in [1.29, 1.82) is 0 Å². The first-order valence-electron chi connectivity index (χ1n) is 10.7. The lowest BCUT2D eigenvalue weighted by molar-refractivity contribution is 0.632. The summed E-state index contributed by atoms with van der Waals surface area (Å²) in [5.41, 5.74) is 8.81. The first-order valence-corrected chi connectivity index (χ1v) is 10.7. The summed E-state index contributed by atoms with van der Waals surface area (Å²) in [6.07, 6.45) is 0. The molecule has 2 aromatic rings. The van der Waals surface area contributed by atoms with E-state index in [0.29, 0.717) is 23.7 Å². The highest BCUT2D eigenvalue weighted by Crippen LogP contribution is 2.38. The van der Waals surface area contributed by atoms with Crippen LogP contribution >= 0.6 is 0 Å². The van der Waals surface area contributed by atoms with E-state index in [-0.39, 0.29) is 5.41 Å². The lowest BCUT2D eigenvalue weighted by atomic mass is 9.74. The van der Waals surface area contributed by atoms with Crippen LogP contribution in [-0.2, 0) is 5.41 Å². The van der Waals surface area contributed by atoms with Crippen molar-refractivity contribution in [3.8, 4) is 0 Å². The first kappa shape index (κ1) is 21.7. The second-order valence-electron chi connectivity index (χ2n) is 9.93. The molecule has 0 spiro atoms. The molecule has 0 saturated carbocycles. The Labute approximate surface area is 168 Å². The molecular weight excluding hydrogens is 324 g/mol. The summed E-state index contributed by atoms with van der Waals surface area (Å²) in [6.45, 7) is 23.2. The van der Waals surface area contributed by atoms with Gasteiger partial charge in [-0.15, -0.1) is 0 Å². The molecule has 0 aliphatic carbocycles. The van der Waals surface area contributed by atoms with Crippen LogP contribution in [-0.4, -0.2) is 0 Å². The van der Waals surface area contributed by atoms with Crippen molar-refractivity contribution in [1.82, 2.24) is 0 Å². The normalized spacial score (nSPS) is 12.7. The Hall–Kier alpha value is -1.56. The van der Waals surface area contributed by atoms with Gasteiger partial charge in [0.25, 0.3) is 0 Å². The third-order valence-corrected chi connectivity index (χ3v) is 6.10. The summed E-state index contributed by atoms with van der Waals surface area (Å²) >= 11 is 0. The molecule has 0 aliphatic heterocycles. The van der Waals surface area contributed by atoms with Crippen LogP contribution in [0.15, 0.2) is 36.4 Å². The third-order valence-electron chi connectivity index (χ3n) is 6.10. The molecule has 0 fully saturated rings. The molecule has 0 bridgehead atoms. The molecule has 0 heterocycles. The van der Waals surface area contributed by atoms with E-state index < -0.39 is 0 Å². The summed E-state index contributed by atoms with van der Waals surface area (Å²) < 4.78 is 0. The van der Waals surface area contributed by atoms with Gasteiger partial charge in [-0.25, -0.2) is 0 Å². The van der Waals surface area contributed by atoms with Crippen molar-refractivity contribution in [2.75, 3.05) is 0 Å². The predicted molar refractivity (Wildman–Crippen MR) is 121 cm³/mol. The third kappa shape index (κ3) is 4.48. The van der Waals surface area contributed by atoms with Gasteiger partial charge in [-0.1, -0.05) is 106 Å². The van der Waals surface area contributed by atoms with Gasteiger partial charge in [0, 0.05) is 5.41 Å². The highest BCUT2D eigenvalue weighted by molar-refractivity contribution is 5.47. The maximum absolute atomic E-state index is 2.46. The molecule has 0 atom stereocenters. The number of benzene rings is 2. The smallest absolute Gasteiger partial charge is 0.0146 e. The van der Waals surface area contributed by atoms with Gasteiger partial charge in [0.2, 0.25) is 0 Å². The van der Waals surface area contributed by atoms with Gasteiger partial charge >= 0.3 is 0 Å². The largest absolute Gasteiger partial charge is 0.0587 e. The van der Waals surface area contributed by atoms with Gasteiger partial charge in [0.05, 0.1) is 0 Å². The average Bonchev–Trinajstić information content (AvgIpc) is 2.60. The Morgan fingerprint density at radius 1 is 0.481 bits per heavy atom. The van der Waals surface area contributed by atoms with Crippen LogP contribution in [0.5, 0.6) is 0 Å². The highest BCUT2D eigenvalue weighted by atomic mass is 14.3. The van der Waals surface area contributed by atoms with Crippen LogP contribution < -0.4 is 0 Å². The topological polar surface area (TPSA) is 0 Å². The minimum Gasteiger partial charge on any atom is -0.0587 e. The van der Waals surface area contributed by atoms with Crippen molar-refractivity contribution < 1.29 is 0 Å². The summed E-state index contributed by atoms with van der Waals surface area (Å²) in [7, 11) is 0. The standard InChI is InChI=1S/C27H40/c1-17(2)23-13-11-21(15-25(23)19(5)6)27(9,10)22-12-14-24(18(3)4)26(16-22)20(7)8/h11-20H,1-10H3. The number of rotatable bonds is 6. The molecule has 0 heteroatoms. The van der Waals surface area contributed by atoms with E-state index in [1.807, 2.05) is 0 Å². The van der Waals surface area contributed by atoms with Crippen molar-refractivity contribution in [2.24, 2.45) is 0 Å². The van der Waals surface area contributed by atoms with E-state index in [0.717, 1.165) is 0 Å². The Morgan fingerprint density at radius 3 is 1.04 bits per heavy atom. The summed E-state index contributed by atoms with van der Waals surface area (Å²) in [5, 5.41) is 0. The van der Waals surface area contributed by atoms with Gasteiger partial charge in [-0.3, -0.25) is 0 Å². The van der Waals surface area contributed by atoms with Crippen LogP contribution in [0.3, 0.4) is 0 Å². The maximum Gasteiger partial charge on any atom is 0.0146 e. The van der Waals surface area contributed by atoms with Crippen LogP contribution in [0.4, 0.5) is 0 Å². The summed E-state index contributed by atoms with van der Waals surface area (Å²) in [6, 6.07) is 14.4. The quantitative estimate of drug-likeness (QED) is 0.482. The molecule has 0 nitrogen and oxygen atoms in total. The lowest BCUT2D eigenvalue weighted by Gasteiger charge is -2.30. The average molecular weight is 365 g/mol. The van der Waals surface area contributed by atoms with Gasteiger partial charge < -0.3 is 0 Å².